The van der Waals surface area contributed by atoms with Crippen molar-refractivity contribution in [1.82, 2.24) is 26.2 Å². The highest BCUT2D eigenvalue weighted by molar-refractivity contribution is 5.97. The molecule has 364 valence electrons. The fraction of sp³-hybridized carbons (Fsp3) is 0.354. The maximum Gasteiger partial charge on any atom is 0.490 e. The first-order valence-corrected chi connectivity index (χ1v) is 21.7. The van der Waals surface area contributed by atoms with Crippen molar-refractivity contribution in [3.05, 3.63) is 107 Å². The number of amides is 6. The van der Waals surface area contributed by atoms with Gasteiger partial charge < -0.3 is 53.0 Å². The highest BCUT2D eigenvalue weighted by Gasteiger charge is 2.38. The average molecular weight is 948 g/mol. The van der Waals surface area contributed by atoms with Crippen LogP contribution in [-0.4, -0.2) is 106 Å². The topological polar surface area (TPSA) is 284 Å². The number of hydrogen-bond donors (Lipinski definition) is 9. The molecule has 20 heteroatoms. The number of phenols is 2. The summed E-state index contributed by atoms with van der Waals surface area (Å²) in [5, 5.41) is 39.7. The molecule has 1 aliphatic rings. The standard InChI is InChI=1S/C46H55N7O8.C2HF3O2/c1-4-7-28-9-12-30(13-10-28)31-14-16-32(17-15-31)44(59)49-23-21-40(56)51-36(8-5-6-22-47)46(61)53(3)41-33-18-20-39(55)35(26-33)34-24-29(11-19-38(34)54)25-37(42(48)57)52-43(58)27(2)50-45(41)60;3-2(4,5)1(6)7/h9-20,24,26-27,36-37,41,54-55H,4-8,21-23,25,47H2,1-3H3,(H2,48,57)(H,49,59)(H,50,60)(H,51,56)(H,52,58);(H,6,7)/t27-,36?,37-,41-;/m0./s1. The van der Waals surface area contributed by atoms with Crippen LogP contribution in [0.5, 0.6) is 11.5 Å². The molecule has 5 rings (SSSR count). The van der Waals surface area contributed by atoms with Crippen LogP contribution in [0.3, 0.4) is 0 Å². The monoisotopic (exact) mass is 947 g/mol. The van der Waals surface area contributed by atoms with Gasteiger partial charge in [-0.1, -0.05) is 61.9 Å². The molecule has 1 aliphatic heterocycles. The minimum atomic E-state index is -5.08. The van der Waals surface area contributed by atoms with Gasteiger partial charge in [0.25, 0.3) is 5.91 Å². The second kappa shape index (κ2) is 24.3. The fourth-order valence-corrected chi connectivity index (χ4v) is 7.28. The number of aliphatic carboxylic acids is 1. The molecule has 1 unspecified atom stereocenters. The van der Waals surface area contributed by atoms with Crippen molar-refractivity contribution in [2.75, 3.05) is 20.1 Å². The number of nitrogens with one attached hydrogen (secondary N) is 4. The predicted molar refractivity (Wildman–Crippen MR) is 245 cm³/mol. The van der Waals surface area contributed by atoms with E-state index in [0.29, 0.717) is 30.5 Å². The summed E-state index contributed by atoms with van der Waals surface area (Å²) in [5.41, 5.74) is 16.1. The van der Waals surface area contributed by atoms with Gasteiger partial charge >= 0.3 is 12.1 Å². The highest BCUT2D eigenvalue weighted by atomic mass is 19.4. The van der Waals surface area contributed by atoms with Crippen LogP contribution in [0.2, 0.25) is 0 Å². The van der Waals surface area contributed by atoms with Crippen LogP contribution in [0.4, 0.5) is 13.2 Å². The molecular formula is C48H56F3N7O10. The molecule has 0 aliphatic carbocycles. The second-order valence-electron chi connectivity index (χ2n) is 16.1. The molecule has 17 nitrogen and oxygen atoms in total. The van der Waals surface area contributed by atoms with Gasteiger partial charge in [-0.25, -0.2) is 4.79 Å². The maximum absolute atomic E-state index is 14.4. The van der Waals surface area contributed by atoms with Gasteiger partial charge in [0.2, 0.25) is 29.5 Å². The van der Waals surface area contributed by atoms with E-state index in [4.69, 9.17) is 21.4 Å². The van der Waals surface area contributed by atoms with Crippen molar-refractivity contribution >= 4 is 41.4 Å². The molecular weight excluding hydrogens is 892 g/mol. The fourth-order valence-electron chi connectivity index (χ4n) is 7.28. The molecule has 11 N–H and O–H groups in total. The number of likely N-dealkylation sites (N-methyl/N-ethyl adjacent to an activating group) is 1. The quantitative estimate of drug-likeness (QED) is 0.0769. The summed E-state index contributed by atoms with van der Waals surface area (Å²) >= 11 is 0. The van der Waals surface area contributed by atoms with E-state index in [2.05, 4.69) is 52.5 Å². The summed E-state index contributed by atoms with van der Waals surface area (Å²) in [5.74, 6) is -7.07. The molecule has 0 fully saturated rings. The average Bonchev–Trinajstić information content (AvgIpc) is 3.29. The molecule has 68 heavy (non-hydrogen) atoms. The number of aryl methyl sites for hydroxylation is 1. The number of unbranched alkanes of at least 4 members (excludes halogenated alkanes) is 1. The summed E-state index contributed by atoms with van der Waals surface area (Å²) in [6.45, 7) is 3.87. The summed E-state index contributed by atoms with van der Waals surface area (Å²) in [6, 6.07) is 19.2. The normalized spacial score (nSPS) is 16.3. The van der Waals surface area contributed by atoms with Crippen LogP contribution in [0.15, 0.2) is 84.9 Å². The highest BCUT2D eigenvalue weighted by Crippen LogP contribution is 2.39. The molecule has 0 saturated carbocycles. The minimum absolute atomic E-state index is 0.0171. The summed E-state index contributed by atoms with van der Waals surface area (Å²) in [7, 11) is 1.38. The first-order valence-electron chi connectivity index (χ1n) is 21.7. The van der Waals surface area contributed by atoms with Crippen molar-refractivity contribution in [2.24, 2.45) is 11.5 Å². The van der Waals surface area contributed by atoms with Gasteiger partial charge in [0.1, 0.15) is 35.7 Å². The van der Waals surface area contributed by atoms with E-state index in [1.54, 1.807) is 18.2 Å². The van der Waals surface area contributed by atoms with Gasteiger partial charge in [-0.2, -0.15) is 13.2 Å². The van der Waals surface area contributed by atoms with Crippen molar-refractivity contribution in [3.8, 4) is 33.8 Å². The Kier molecular flexibility index (Phi) is 19.0. The number of phenolic OH excluding ortho intramolecular Hbond substituents is 2. The van der Waals surface area contributed by atoms with Gasteiger partial charge in [0, 0.05) is 43.1 Å². The first kappa shape index (κ1) is 53.1. The summed E-state index contributed by atoms with van der Waals surface area (Å²) < 4.78 is 31.7. The number of aromatic hydroxyl groups is 2. The number of carboxylic acid groups (broad SMARTS) is 1. The smallest absolute Gasteiger partial charge is 0.490 e. The zero-order valence-corrected chi connectivity index (χ0v) is 37.7. The molecule has 0 aromatic heterocycles. The Morgan fingerprint density at radius 1 is 0.853 bits per heavy atom. The number of carbonyl (C=O) groups excluding carboxylic acids is 6. The van der Waals surface area contributed by atoms with Gasteiger partial charge in [-0.3, -0.25) is 28.8 Å². The van der Waals surface area contributed by atoms with Crippen LogP contribution in [0, 0.1) is 0 Å². The second-order valence-corrected chi connectivity index (χ2v) is 16.1. The molecule has 1 heterocycles. The molecule has 4 aromatic carbocycles. The molecule has 4 aromatic rings. The summed E-state index contributed by atoms with van der Waals surface area (Å²) in [4.78, 5) is 90.5. The molecule has 6 amide bonds. The number of carbonyl (C=O) groups is 7. The van der Waals surface area contributed by atoms with E-state index in [1.807, 2.05) is 12.1 Å². The molecule has 4 atom stereocenters. The van der Waals surface area contributed by atoms with E-state index in [1.165, 1.54) is 49.9 Å². The lowest BCUT2D eigenvalue weighted by Crippen LogP contribution is -2.55. The number of primary amides is 1. The van der Waals surface area contributed by atoms with Crippen molar-refractivity contribution in [1.29, 1.82) is 0 Å². The number of benzene rings is 4. The van der Waals surface area contributed by atoms with Crippen LogP contribution in [-0.2, 0) is 41.6 Å². The molecule has 4 bridgehead atoms. The van der Waals surface area contributed by atoms with E-state index in [-0.39, 0.29) is 59.9 Å². The lowest BCUT2D eigenvalue weighted by Gasteiger charge is -2.32. The van der Waals surface area contributed by atoms with Crippen LogP contribution in [0.25, 0.3) is 22.3 Å². The van der Waals surface area contributed by atoms with Crippen molar-refractivity contribution in [2.45, 2.75) is 89.1 Å². The van der Waals surface area contributed by atoms with E-state index >= 15 is 0 Å². The Bertz CT molecular complexity index is 2450. The Labute approximate surface area is 390 Å². The Balaban J connectivity index is 0.00000133. The predicted octanol–water partition coefficient (Wildman–Crippen LogP) is 3.98. The largest absolute Gasteiger partial charge is 0.507 e. The Morgan fingerprint density at radius 2 is 1.44 bits per heavy atom. The number of alkyl halides is 3. The van der Waals surface area contributed by atoms with Crippen LogP contribution in [0.1, 0.15) is 79.0 Å². The number of halogens is 3. The number of nitrogens with zero attached hydrogens (tertiary/aromatic N) is 1. The number of rotatable bonds is 15. The lowest BCUT2D eigenvalue weighted by atomic mass is 9.93. The van der Waals surface area contributed by atoms with E-state index < -0.39 is 65.8 Å². The zero-order valence-electron chi connectivity index (χ0n) is 37.7. The molecule has 0 spiro atoms. The maximum atomic E-state index is 14.4. The Morgan fingerprint density at radius 3 is 2.01 bits per heavy atom. The minimum Gasteiger partial charge on any atom is -0.507 e. The van der Waals surface area contributed by atoms with Gasteiger partial charge in [0.05, 0.1) is 0 Å². The lowest BCUT2D eigenvalue weighted by molar-refractivity contribution is -0.192. The van der Waals surface area contributed by atoms with E-state index in [0.717, 1.165) is 28.9 Å². The number of fused-ring (bicyclic) bond motifs is 5. The molecule has 0 radical (unpaired) electrons. The zero-order chi connectivity index (χ0) is 50.3. The van der Waals surface area contributed by atoms with Crippen molar-refractivity contribution < 1.29 is 62.1 Å². The third kappa shape index (κ3) is 14.8. The van der Waals surface area contributed by atoms with Crippen LogP contribution >= 0.6 is 0 Å². The number of carboxylic acids is 1. The molecule has 0 saturated heterocycles. The number of nitrogens with two attached hydrogens (primary N) is 2. The summed E-state index contributed by atoms with van der Waals surface area (Å²) in [6.07, 6.45) is -2.01. The van der Waals surface area contributed by atoms with Crippen molar-refractivity contribution in [3.63, 3.8) is 0 Å². The third-order valence-corrected chi connectivity index (χ3v) is 11.0. The van der Waals surface area contributed by atoms with Gasteiger partial charge in [0.15, 0.2) is 0 Å². The van der Waals surface area contributed by atoms with Gasteiger partial charge in [-0.15, -0.1) is 0 Å². The van der Waals surface area contributed by atoms with Gasteiger partial charge in [-0.05, 0) is 103 Å². The first-order chi connectivity index (χ1) is 32.1. The van der Waals surface area contributed by atoms with Crippen LogP contribution < -0.4 is 32.7 Å². The SMILES string of the molecule is CCCc1ccc(-c2ccc(C(=O)NCCC(=O)NC(CCCCN)C(=O)N(C)[C@@H]3C(=O)N[C@@H](C)C(=O)N[C@H](C(N)=O)Cc4ccc(O)c(c4)-c4cc3ccc4O)cc2)cc1.O=C(O)C(F)(F)F. The Hall–Kier alpha value is -7.48. The number of hydrogen-bond acceptors (Lipinski definition) is 10. The third-order valence-electron chi connectivity index (χ3n) is 11.0. The van der Waals surface area contributed by atoms with E-state index in [9.17, 15) is 52.2 Å².